The van der Waals surface area contributed by atoms with Crippen LogP contribution >= 0.6 is 0 Å². The second kappa shape index (κ2) is 5.70. The Labute approximate surface area is 143 Å². The van der Waals surface area contributed by atoms with E-state index in [0.717, 1.165) is 38.8 Å². The lowest BCUT2D eigenvalue weighted by Gasteiger charge is -2.02. The lowest BCUT2D eigenvalue weighted by atomic mass is 10.00. The Bertz CT molecular complexity index is 1220. The molecular weight excluding hydrogens is 312 g/mol. The second-order valence-corrected chi connectivity index (χ2v) is 5.60. The predicted octanol–water partition coefficient (Wildman–Crippen LogP) is 4.18. The summed E-state index contributed by atoms with van der Waals surface area (Å²) in [6.07, 6.45) is 0. The molecule has 0 bridgehead atoms. The van der Waals surface area contributed by atoms with Crippen LogP contribution in [0, 0.1) is 22.7 Å². The lowest BCUT2D eigenvalue weighted by molar-refractivity contribution is 0.415. The average Bonchev–Trinajstić information content (AvgIpc) is 3.05. The molecule has 0 unspecified atom stereocenters. The number of hydrogen-bond acceptors (Lipinski definition) is 4. The summed E-state index contributed by atoms with van der Waals surface area (Å²) >= 11 is 0. The molecule has 0 aliphatic rings. The van der Waals surface area contributed by atoms with E-state index in [1.807, 2.05) is 60.7 Å². The molecule has 0 aliphatic heterocycles. The third kappa shape index (κ3) is 2.21. The maximum absolute atomic E-state index is 9.21. The molecule has 118 valence electrons. The molecule has 4 heteroatoms. The minimum absolute atomic E-state index is 0.0987. The summed E-state index contributed by atoms with van der Waals surface area (Å²) < 4.78 is 11.3. The van der Waals surface area contributed by atoms with Gasteiger partial charge in [0.15, 0.2) is 0 Å². The molecule has 0 aliphatic carbocycles. The summed E-state index contributed by atoms with van der Waals surface area (Å²) in [5.74, 6) is 1.54. The third-order valence-electron chi connectivity index (χ3n) is 4.30. The van der Waals surface area contributed by atoms with Crippen LogP contribution in [0.4, 0.5) is 0 Å². The fraction of sp³-hybridized carbons (Fsp3) is 0.0476. The van der Waals surface area contributed by atoms with Crippen molar-refractivity contribution < 1.29 is 9.15 Å². The highest BCUT2D eigenvalue weighted by Gasteiger charge is 2.15. The molecule has 0 N–H and O–H groups in total. The largest absolute Gasteiger partial charge is 0.497 e. The highest BCUT2D eigenvalue weighted by molar-refractivity contribution is 6.14. The van der Waals surface area contributed by atoms with Crippen molar-refractivity contribution in [3.05, 3.63) is 59.8 Å². The van der Waals surface area contributed by atoms with E-state index in [9.17, 15) is 10.5 Å². The van der Waals surface area contributed by atoms with E-state index in [2.05, 4.69) is 0 Å². The van der Waals surface area contributed by atoms with E-state index in [-0.39, 0.29) is 5.57 Å². The van der Waals surface area contributed by atoms with Gasteiger partial charge in [-0.3, -0.25) is 0 Å². The van der Waals surface area contributed by atoms with Crippen LogP contribution in [0.1, 0.15) is 0 Å². The number of nitriles is 2. The normalized spacial score (nSPS) is 10.5. The molecule has 25 heavy (non-hydrogen) atoms. The van der Waals surface area contributed by atoms with Gasteiger partial charge in [0.25, 0.3) is 0 Å². The smallest absolute Gasteiger partial charge is 0.142 e. The predicted molar refractivity (Wildman–Crippen MR) is 95.6 cm³/mol. The molecule has 1 heterocycles. The first-order valence-electron chi connectivity index (χ1n) is 7.69. The van der Waals surface area contributed by atoms with Crippen molar-refractivity contribution >= 4 is 27.3 Å². The van der Waals surface area contributed by atoms with Crippen LogP contribution in [-0.4, -0.2) is 7.11 Å². The molecule has 0 radical (unpaired) electrons. The Kier molecular flexibility index (Phi) is 3.38. The fourth-order valence-corrected chi connectivity index (χ4v) is 3.13. The van der Waals surface area contributed by atoms with Crippen molar-refractivity contribution in [2.45, 2.75) is 0 Å². The van der Waals surface area contributed by atoms with E-state index in [1.54, 1.807) is 13.2 Å². The number of methoxy groups -OCH3 is 1. The number of hydrogen-bond donors (Lipinski definition) is 0. The van der Waals surface area contributed by atoms with E-state index >= 15 is 0 Å². The minimum atomic E-state index is 0.0987. The first-order chi connectivity index (χ1) is 12.3. The Balaban J connectivity index is 2.08. The van der Waals surface area contributed by atoms with Gasteiger partial charge in [0, 0.05) is 21.6 Å². The van der Waals surface area contributed by atoms with Gasteiger partial charge in [0.2, 0.25) is 0 Å². The van der Waals surface area contributed by atoms with Crippen LogP contribution in [-0.2, 0) is 0 Å². The molecule has 4 aromatic rings. The Morgan fingerprint density at radius 1 is 0.920 bits per heavy atom. The molecular formula is C21H12N2O2. The van der Waals surface area contributed by atoms with Gasteiger partial charge in [-0.15, -0.1) is 0 Å². The molecule has 0 spiro atoms. The summed E-state index contributed by atoms with van der Waals surface area (Å²) in [5, 5.41) is 21.8. The second-order valence-electron chi connectivity index (χ2n) is 5.60. The third-order valence-corrected chi connectivity index (χ3v) is 4.30. The molecule has 3 aromatic carbocycles. The molecule has 0 saturated carbocycles. The van der Waals surface area contributed by atoms with Crippen LogP contribution in [0.3, 0.4) is 0 Å². The van der Waals surface area contributed by atoms with Crippen LogP contribution in [0.2, 0.25) is 0 Å². The fourth-order valence-electron chi connectivity index (χ4n) is 3.13. The van der Waals surface area contributed by atoms with Crippen molar-refractivity contribution in [1.82, 2.24) is 0 Å². The van der Waals surface area contributed by atoms with E-state index in [0.29, 0.717) is 5.22 Å². The monoisotopic (exact) mass is 324 g/mol. The van der Waals surface area contributed by atoms with Crippen molar-refractivity contribution in [3.63, 3.8) is 0 Å². The summed E-state index contributed by atoms with van der Waals surface area (Å²) in [7, 11) is 1.63. The zero-order valence-electron chi connectivity index (χ0n) is 13.4. The van der Waals surface area contributed by atoms with Gasteiger partial charge in [-0.2, -0.15) is 10.5 Å². The maximum Gasteiger partial charge on any atom is 0.142 e. The molecule has 1 aromatic heterocycles. The molecule has 0 fully saturated rings. The van der Waals surface area contributed by atoms with Gasteiger partial charge in [-0.25, -0.2) is 0 Å². The zero-order chi connectivity index (χ0) is 17.4. The zero-order valence-corrected chi connectivity index (χ0v) is 13.4. The van der Waals surface area contributed by atoms with Gasteiger partial charge >= 0.3 is 0 Å². The topological polar surface area (TPSA) is 69.9 Å². The van der Waals surface area contributed by atoms with Crippen LogP contribution in [0.25, 0.3) is 38.6 Å². The number of rotatable bonds is 2. The van der Waals surface area contributed by atoms with Crippen molar-refractivity contribution in [2.24, 2.45) is 0 Å². The summed E-state index contributed by atoms with van der Waals surface area (Å²) in [4.78, 5) is 0. The summed E-state index contributed by atoms with van der Waals surface area (Å²) in [6, 6.07) is 21.0. The first-order valence-corrected chi connectivity index (χ1v) is 7.69. The van der Waals surface area contributed by atoms with Gasteiger partial charge < -0.3 is 9.15 Å². The molecule has 0 saturated heterocycles. The number of furan rings is 1. The van der Waals surface area contributed by atoms with Crippen LogP contribution in [0.5, 0.6) is 5.75 Å². The van der Waals surface area contributed by atoms with Gasteiger partial charge in [-0.05, 0) is 41.8 Å². The van der Waals surface area contributed by atoms with E-state index < -0.39 is 0 Å². The Morgan fingerprint density at radius 2 is 1.68 bits per heavy atom. The van der Waals surface area contributed by atoms with Crippen molar-refractivity contribution in [1.29, 1.82) is 10.5 Å². The SMILES string of the molecule is COc1ccc(-c2oc3cccc4c(=C(C#N)C#N)ccc2c34)cc1. The van der Waals surface area contributed by atoms with Gasteiger partial charge in [0.05, 0.1) is 7.11 Å². The van der Waals surface area contributed by atoms with Crippen molar-refractivity contribution in [3.8, 4) is 29.2 Å². The van der Waals surface area contributed by atoms with E-state index in [4.69, 9.17) is 9.15 Å². The number of nitrogens with zero attached hydrogens (tertiary/aromatic N) is 2. The van der Waals surface area contributed by atoms with Gasteiger partial charge in [0.1, 0.15) is 34.8 Å². The maximum atomic E-state index is 9.21. The summed E-state index contributed by atoms with van der Waals surface area (Å²) in [6.45, 7) is 0. The molecule has 0 amide bonds. The van der Waals surface area contributed by atoms with Crippen LogP contribution in [0.15, 0.2) is 59.0 Å². The Hall–Kier alpha value is -3.76. The number of ether oxygens (including phenoxy) is 1. The van der Waals surface area contributed by atoms with Crippen molar-refractivity contribution in [2.75, 3.05) is 7.11 Å². The quantitative estimate of drug-likeness (QED) is 0.554. The first kappa shape index (κ1) is 14.8. The standard InChI is InChI=1S/C21H12N2O2/c1-24-15-7-5-13(6-8-15)21-18-10-9-16(14(11-22)12-23)17-3-2-4-19(25-21)20(17)18/h2-10H,1H3. The Morgan fingerprint density at radius 3 is 2.36 bits per heavy atom. The highest BCUT2D eigenvalue weighted by atomic mass is 16.5. The summed E-state index contributed by atoms with van der Waals surface area (Å²) in [5.41, 5.74) is 1.77. The average molecular weight is 324 g/mol. The highest BCUT2D eigenvalue weighted by Crippen LogP contribution is 2.37. The molecule has 4 nitrogen and oxygen atoms in total. The number of benzene rings is 3. The molecule has 0 atom stereocenters. The lowest BCUT2D eigenvalue weighted by Crippen LogP contribution is -2.05. The minimum Gasteiger partial charge on any atom is -0.497 e. The van der Waals surface area contributed by atoms with Crippen LogP contribution < -0.4 is 9.96 Å². The van der Waals surface area contributed by atoms with E-state index in [1.165, 1.54) is 0 Å². The molecule has 4 rings (SSSR count). The van der Waals surface area contributed by atoms with Gasteiger partial charge in [-0.1, -0.05) is 18.2 Å².